The number of ketones is 1. The van der Waals surface area contributed by atoms with Crippen LogP contribution in [-0.4, -0.2) is 17.0 Å². The van der Waals surface area contributed by atoms with Gasteiger partial charge in [-0.2, -0.15) is 0 Å². The quantitative estimate of drug-likeness (QED) is 0.722. The first kappa shape index (κ1) is 14.7. The van der Waals surface area contributed by atoms with Crippen molar-refractivity contribution in [2.75, 3.05) is 0 Å². The lowest BCUT2D eigenvalue weighted by Crippen LogP contribution is -2.50. The van der Waals surface area contributed by atoms with Crippen LogP contribution in [0, 0.1) is 34.5 Å². The summed E-state index contributed by atoms with van der Waals surface area (Å²) in [6.45, 7) is 6.30. The predicted octanol–water partition coefficient (Wildman–Crippen LogP) is 4.52. The zero-order valence-electron chi connectivity index (χ0n) is 15.9. The highest BCUT2D eigenvalue weighted by Crippen LogP contribution is 2.66. The summed E-state index contributed by atoms with van der Waals surface area (Å²) in [4.78, 5) is 12.3. The third-order valence-electron chi connectivity index (χ3n) is 8.29. The van der Waals surface area contributed by atoms with Crippen LogP contribution in [0.25, 0.3) is 0 Å². The minimum atomic E-state index is -0.865. The Kier molecular flexibility index (Phi) is 3.31. The summed E-state index contributed by atoms with van der Waals surface area (Å²) in [6, 6.07) is 0. The highest BCUT2D eigenvalue weighted by molar-refractivity contribution is 5.79. The lowest BCUT2D eigenvalue weighted by atomic mass is 9.47. The number of hydrogen-bond acceptors (Lipinski definition) is 2. The van der Waals surface area contributed by atoms with E-state index in [1.807, 2.05) is 0 Å². The number of fused-ring (bicyclic) bond motifs is 5. The van der Waals surface area contributed by atoms with Crippen LogP contribution < -0.4 is 0 Å². The molecule has 2 nitrogen and oxygen atoms in total. The van der Waals surface area contributed by atoms with Gasteiger partial charge in [-0.15, -0.1) is 0 Å². The zero-order valence-corrected chi connectivity index (χ0v) is 14.9. The number of rotatable bonds is 1. The van der Waals surface area contributed by atoms with Gasteiger partial charge in [-0.05, 0) is 86.9 Å². The third-order valence-corrected chi connectivity index (χ3v) is 8.29. The second kappa shape index (κ2) is 5.18. The van der Waals surface area contributed by atoms with Gasteiger partial charge in [-0.3, -0.25) is 4.79 Å². The molecular formula is C21H32O2. The molecule has 4 rings (SSSR count). The second-order valence-corrected chi connectivity index (χ2v) is 9.19. The largest absolute Gasteiger partial charge is 0.393 e. The average molecular weight is 317 g/mol. The van der Waals surface area contributed by atoms with Crippen molar-refractivity contribution in [2.45, 2.75) is 78.2 Å². The molecule has 1 N–H and O–H groups in total. The Morgan fingerprint density at radius 2 is 2.00 bits per heavy atom. The number of carbonyl (C=O) groups excluding carboxylic acids is 1. The predicted molar refractivity (Wildman–Crippen MR) is 91.9 cm³/mol. The molecule has 0 aromatic rings. The van der Waals surface area contributed by atoms with Crippen LogP contribution in [-0.2, 0) is 4.79 Å². The van der Waals surface area contributed by atoms with Gasteiger partial charge < -0.3 is 5.11 Å². The Morgan fingerprint density at radius 1 is 1.22 bits per heavy atom. The lowest BCUT2D eigenvalue weighted by molar-refractivity contribution is -0.127. The Morgan fingerprint density at radius 3 is 2.74 bits per heavy atom. The molecular weight excluding hydrogens is 284 g/mol. The normalized spacial score (nSPS) is 56.0. The van der Waals surface area contributed by atoms with E-state index in [1.165, 1.54) is 5.57 Å². The molecule has 0 aromatic carbocycles. The zero-order chi connectivity index (χ0) is 17.3. The van der Waals surface area contributed by atoms with Gasteiger partial charge in [-0.25, -0.2) is 0 Å². The van der Waals surface area contributed by atoms with E-state index < -0.39 is 5.89 Å². The first-order valence-corrected chi connectivity index (χ1v) is 9.61. The van der Waals surface area contributed by atoms with Crippen molar-refractivity contribution in [3.05, 3.63) is 11.6 Å². The van der Waals surface area contributed by atoms with Gasteiger partial charge in [0.1, 0.15) is 5.78 Å². The van der Waals surface area contributed by atoms with E-state index in [0.29, 0.717) is 17.8 Å². The number of allylic oxidation sites excluding steroid dienone is 1. The smallest absolute Gasteiger partial charge is 0.133 e. The molecule has 0 heterocycles. The summed E-state index contributed by atoms with van der Waals surface area (Å²) in [5.74, 6) is 1.02. The van der Waals surface area contributed by atoms with Gasteiger partial charge in [0, 0.05) is 7.26 Å². The molecule has 6 unspecified atom stereocenters. The van der Waals surface area contributed by atoms with E-state index in [4.69, 9.17) is 1.37 Å². The van der Waals surface area contributed by atoms with Gasteiger partial charge >= 0.3 is 0 Å². The van der Waals surface area contributed by atoms with Gasteiger partial charge in [0.15, 0.2) is 0 Å². The van der Waals surface area contributed by atoms with E-state index in [-0.39, 0.29) is 22.7 Å². The lowest BCUT2D eigenvalue weighted by Gasteiger charge is -2.57. The van der Waals surface area contributed by atoms with Crippen LogP contribution in [0.5, 0.6) is 0 Å². The van der Waals surface area contributed by atoms with Crippen LogP contribution in [0.2, 0.25) is 0 Å². The molecule has 0 saturated heterocycles. The van der Waals surface area contributed by atoms with Crippen LogP contribution in [0.1, 0.15) is 73.5 Å². The average Bonchev–Trinajstić information content (AvgIpc) is 2.81. The molecule has 0 aliphatic heterocycles. The Balaban J connectivity index is 1.69. The van der Waals surface area contributed by atoms with Crippen molar-refractivity contribution in [1.29, 1.82) is 0 Å². The Hall–Kier alpha value is -0.630. The van der Waals surface area contributed by atoms with Crippen molar-refractivity contribution in [3.63, 3.8) is 0 Å². The molecule has 128 valence electrons. The maximum atomic E-state index is 12.3. The fourth-order valence-corrected chi connectivity index (χ4v) is 7.03. The monoisotopic (exact) mass is 317 g/mol. The van der Waals surface area contributed by atoms with Gasteiger partial charge in [0.05, 0.1) is 6.10 Å². The molecule has 4 aliphatic carbocycles. The summed E-state index contributed by atoms with van der Waals surface area (Å²) in [6.07, 6.45) is 10.2. The van der Waals surface area contributed by atoms with E-state index in [1.54, 1.807) is 6.92 Å². The van der Waals surface area contributed by atoms with E-state index >= 15 is 0 Å². The van der Waals surface area contributed by atoms with Crippen molar-refractivity contribution in [2.24, 2.45) is 34.5 Å². The first-order valence-electron chi connectivity index (χ1n) is 10.1. The molecule has 0 aromatic heterocycles. The number of aliphatic hydroxyl groups is 1. The van der Waals surface area contributed by atoms with Crippen molar-refractivity contribution >= 4 is 5.78 Å². The van der Waals surface area contributed by atoms with E-state index in [0.717, 1.165) is 51.4 Å². The van der Waals surface area contributed by atoms with Crippen molar-refractivity contribution < 1.29 is 11.3 Å². The molecule has 3 saturated carbocycles. The summed E-state index contributed by atoms with van der Waals surface area (Å²) >= 11 is 0. The third kappa shape index (κ3) is 2.13. The van der Waals surface area contributed by atoms with E-state index in [2.05, 4.69) is 19.9 Å². The van der Waals surface area contributed by atoms with Crippen LogP contribution in [0.4, 0.5) is 0 Å². The maximum absolute atomic E-state index is 12.3. The second-order valence-electron chi connectivity index (χ2n) is 9.19. The molecule has 0 bridgehead atoms. The number of carbonyl (C=O) groups is 1. The van der Waals surface area contributed by atoms with E-state index in [9.17, 15) is 9.90 Å². The number of Topliss-reactive ketones (excluding diaryl/α,β-unsaturated/α-hetero) is 1. The van der Waals surface area contributed by atoms with Crippen molar-refractivity contribution in [3.8, 4) is 0 Å². The highest BCUT2D eigenvalue weighted by atomic mass is 16.3. The maximum Gasteiger partial charge on any atom is 0.133 e. The number of aliphatic hydroxyl groups excluding tert-OH is 1. The van der Waals surface area contributed by atoms with Crippen LogP contribution in [0.3, 0.4) is 0 Å². The van der Waals surface area contributed by atoms with Gasteiger partial charge in [0.25, 0.3) is 0 Å². The topological polar surface area (TPSA) is 37.3 Å². The fourth-order valence-electron chi connectivity index (χ4n) is 7.03. The molecule has 2 heteroatoms. The van der Waals surface area contributed by atoms with Gasteiger partial charge in [0.2, 0.25) is 0 Å². The standard InChI is InChI=1S/C21H32O2/c1-13(22)17-6-7-18-16-5-4-14-12-15(23)8-10-20(14,2)19(16)9-11-21(17,18)3/h4,15-19,23H,5-12H2,1-3H3/t15?,16?,17-,18?,19?,20?,21?/m1/s1/i17D. The first-order chi connectivity index (χ1) is 11.2. The molecule has 4 aliphatic rings. The summed E-state index contributed by atoms with van der Waals surface area (Å²) in [5.41, 5.74) is 1.59. The van der Waals surface area contributed by atoms with Gasteiger partial charge in [-0.1, -0.05) is 25.5 Å². The minimum Gasteiger partial charge on any atom is -0.393 e. The molecule has 0 amide bonds. The fraction of sp³-hybridized carbons (Fsp3) is 0.857. The van der Waals surface area contributed by atoms with Crippen molar-refractivity contribution in [1.82, 2.24) is 0 Å². The molecule has 7 atom stereocenters. The van der Waals surface area contributed by atoms with Crippen LogP contribution in [0.15, 0.2) is 11.6 Å². The molecule has 23 heavy (non-hydrogen) atoms. The summed E-state index contributed by atoms with van der Waals surface area (Å²) in [5, 5.41) is 10.1. The summed E-state index contributed by atoms with van der Waals surface area (Å²) < 4.78 is 8.92. The molecule has 3 fully saturated rings. The summed E-state index contributed by atoms with van der Waals surface area (Å²) in [7, 11) is 0. The van der Waals surface area contributed by atoms with Crippen LogP contribution >= 0.6 is 0 Å². The highest BCUT2D eigenvalue weighted by Gasteiger charge is 2.59. The Bertz CT molecular complexity index is 599. The molecule has 0 spiro atoms. The molecule has 0 radical (unpaired) electrons. The SMILES string of the molecule is [2H][C@]1(C(C)=O)CCC2C3CC=C4CC(O)CCC4(C)C3CCC21C. The number of hydrogen-bond donors (Lipinski definition) is 1. The minimum absolute atomic E-state index is 0.0741. The Labute approximate surface area is 142 Å².